The third-order valence-electron chi connectivity index (χ3n) is 4.96. The smallest absolute Gasteiger partial charge is 0.279 e. The summed E-state index contributed by atoms with van der Waals surface area (Å²) in [6, 6.07) is 18.3. The number of aromatic nitrogens is 1. The molecule has 1 amide bonds. The first kappa shape index (κ1) is 23.8. The van der Waals surface area contributed by atoms with Gasteiger partial charge in [-0.2, -0.15) is 4.99 Å². The molecule has 0 bridgehead atoms. The van der Waals surface area contributed by atoms with Gasteiger partial charge in [0.1, 0.15) is 5.82 Å². The maximum Gasteiger partial charge on any atom is 0.279 e. The van der Waals surface area contributed by atoms with Crippen molar-refractivity contribution in [3.05, 3.63) is 89.0 Å². The van der Waals surface area contributed by atoms with Gasteiger partial charge in [-0.05, 0) is 67.6 Å². The summed E-state index contributed by atoms with van der Waals surface area (Å²) in [5, 5.41) is 0. The van der Waals surface area contributed by atoms with Crippen molar-refractivity contribution in [3.63, 3.8) is 0 Å². The molecule has 0 atom stereocenters. The third kappa shape index (κ3) is 5.41. The molecule has 4 aromatic rings. The molecule has 0 aliphatic carbocycles. The second-order valence-corrected chi connectivity index (χ2v) is 9.95. The Morgan fingerprint density at radius 1 is 1.06 bits per heavy atom. The van der Waals surface area contributed by atoms with E-state index in [1.54, 1.807) is 0 Å². The molecule has 0 aliphatic rings. The van der Waals surface area contributed by atoms with Crippen molar-refractivity contribution in [1.82, 2.24) is 4.57 Å². The van der Waals surface area contributed by atoms with Gasteiger partial charge in [0, 0.05) is 24.4 Å². The van der Waals surface area contributed by atoms with Crippen molar-refractivity contribution in [1.29, 1.82) is 0 Å². The summed E-state index contributed by atoms with van der Waals surface area (Å²) < 4.78 is 48.9. The molecule has 0 saturated heterocycles. The molecule has 0 fully saturated rings. The average Bonchev–Trinajstić information content (AvgIpc) is 3.16. The number of hydrogen-bond acceptors (Lipinski definition) is 5. The number of ether oxygens (including phenoxy) is 1. The summed E-state index contributed by atoms with van der Waals surface area (Å²) in [6.45, 7) is 3.59. The Morgan fingerprint density at radius 3 is 2.47 bits per heavy atom. The molecule has 3 aromatic carbocycles. The fourth-order valence-electron chi connectivity index (χ4n) is 3.28. The number of carbonyl (C=O) groups is 1. The maximum atomic E-state index is 13.1. The van der Waals surface area contributed by atoms with Gasteiger partial charge >= 0.3 is 0 Å². The Kier molecular flexibility index (Phi) is 7.20. The highest BCUT2D eigenvalue weighted by atomic mass is 32.2. The topological polar surface area (TPSA) is 89.8 Å². The minimum absolute atomic E-state index is 0.0644. The van der Waals surface area contributed by atoms with Gasteiger partial charge in [0.05, 0.1) is 21.7 Å². The Hall–Kier alpha value is -3.34. The van der Waals surface area contributed by atoms with Gasteiger partial charge in [0.2, 0.25) is 0 Å². The molecule has 176 valence electrons. The first-order valence-electron chi connectivity index (χ1n) is 10.5. The normalized spacial score (nSPS) is 12.2. The van der Waals surface area contributed by atoms with Crippen LogP contribution in [0.1, 0.15) is 17.3 Å². The van der Waals surface area contributed by atoms with Gasteiger partial charge in [-0.25, -0.2) is 12.8 Å². The largest absolute Gasteiger partial charge is 0.380 e. The average molecular weight is 500 g/mol. The van der Waals surface area contributed by atoms with Gasteiger partial charge in [-0.1, -0.05) is 23.5 Å². The zero-order valence-electron chi connectivity index (χ0n) is 18.3. The van der Waals surface area contributed by atoms with Crippen molar-refractivity contribution < 1.29 is 22.3 Å². The number of nitrogens with one attached hydrogen (secondary N) is 1. The standard InChI is InChI=1S/C24H22FN3O4S2/c1-2-32-16-15-28-21-5-3-4-6-22(21)33-24(28)26-23(29)17-7-11-19(12-8-17)27-34(30,31)20-13-9-18(25)10-14-20/h3-14,27H,2,15-16H2,1H3. The molecule has 1 heterocycles. The summed E-state index contributed by atoms with van der Waals surface area (Å²) in [5.41, 5.74) is 1.57. The number of nitrogens with zero attached hydrogens (tertiary/aromatic N) is 2. The van der Waals surface area contributed by atoms with Gasteiger partial charge in [0.25, 0.3) is 15.9 Å². The van der Waals surface area contributed by atoms with Crippen molar-refractivity contribution in [2.45, 2.75) is 18.4 Å². The predicted molar refractivity (Wildman–Crippen MR) is 130 cm³/mol. The monoisotopic (exact) mass is 499 g/mol. The fourth-order valence-corrected chi connectivity index (χ4v) is 5.40. The Labute approximate surface area is 200 Å². The first-order valence-corrected chi connectivity index (χ1v) is 12.8. The zero-order valence-corrected chi connectivity index (χ0v) is 19.9. The molecule has 0 spiro atoms. The molecule has 0 radical (unpaired) electrons. The summed E-state index contributed by atoms with van der Waals surface area (Å²) in [4.78, 5) is 17.7. The molecule has 1 aromatic heterocycles. The van der Waals surface area contributed by atoms with Crippen LogP contribution in [-0.4, -0.2) is 32.1 Å². The van der Waals surface area contributed by atoms with E-state index in [9.17, 15) is 17.6 Å². The number of anilines is 1. The number of thiazole rings is 1. The number of hydrogen-bond donors (Lipinski definition) is 1. The number of halogens is 1. The highest BCUT2D eigenvalue weighted by molar-refractivity contribution is 7.92. The molecule has 1 N–H and O–H groups in total. The lowest BCUT2D eigenvalue weighted by atomic mass is 10.2. The van der Waals surface area contributed by atoms with Crippen LogP contribution in [0, 0.1) is 5.82 Å². The van der Waals surface area contributed by atoms with Gasteiger partial charge < -0.3 is 9.30 Å². The van der Waals surface area contributed by atoms with Crippen LogP contribution in [0.3, 0.4) is 0 Å². The molecular weight excluding hydrogens is 477 g/mol. The van der Waals surface area contributed by atoms with Crippen molar-refractivity contribution in [2.75, 3.05) is 17.9 Å². The molecule has 34 heavy (non-hydrogen) atoms. The van der Waals surface area contributed by atoms with Crippen LogP contribution in [0.15, 0.2) is 82.7 Å². The number of amides is 1. The van der Waals surface area contributed by atoms with Crippen LogP contribution in [0.5, 0.6) is 0 Å². The number of sulfonamides is 1. The predicted octanol–water partition coefficient (Wildman–Crippen LogP) is 4.42. The van der Waals surface area contributed by atoms with E-state index in [2.05, 4.69) is 9.71 Å². The minimum atomic E-state index is -3.88. The van der Waals surface area contributed by atoms with E-state index in [0.29, 0.717) is 30.1 Å². The number of benzene rings is 3. The Bertz CT molecular complexity index is 1480. The molecule has 4 rings (SSSR count). The van der Waals surface area contributed by atoms with E-state index in [4.69, 9.17) is 4.74 Å². The lowest BCUT2D eigenvalue weighted by Gasteiger charge is -2.08. The van der Waals surface area contributed by atoms with E-state index in [1.807, 2.05) is 35.8 Å². The first-order chi connectivity index (χ1) is 16.4. The van der Waals surface area contributed by atoms with E-state index < -0.39 is 21.7 Å². The van der Waals surface area contributed by atoms with E-state index in [-0.39, 0.29) is 10.6 Å². The quantitative estimate of drug-likeness (QED) is 0.364. The van der Waals surface area contributed by atoms with Crippen LogP contribution in [0.4, 0.5) is 10.1 Å². The Balaban J connectivity index is 1.57. The number of carbonyl (C=O) groups excluding carboxylic acids is 1. The van der Waals surface area contributed by atoms with E-state index >= 15 is 0 Å². The Morgan fingerprint density at radius 2 is 1.76 bits per heavy atom. The van der Waals surface area contributed by atoms with Crippen molar-refractivity contribution in [3.8, 4) is 0 Å². The van der Waals surface area contributed by atoms with E-state index in [1.165, 1.54) is 47.7 Å². The summed E-state index contributed by atoms with van der Waals surface area (Å²) in [7, 11) is -3.88. The van der Waals surface area contributed by atoms with Crippen LogP contribution < -0.4 is 9.52 Å². The molecule has 0 saturated carbocycles. The number of rotatable bonds is 8. The molecule has 10 heteroatoms. The van der Waals surface area contributed by atoms with Crippen LogP contribution >= 0.6 is 11.3 Å². The number of para-hydroxylation sites is 1. The lowest BCUT2D eigenvalue weighted by molar-refractivity contribution is 0.0996. The van der Waals surface area contributed by atoms with Crippen molar-refractivity contribution >= 4 is 43.2 Å². The minimum Gasteiger partial charge on any atom is -0.380 e. The summed E-state index contributed by atoms with van der Waals surface area (Å²) >= 11 is 1.42. The summed E-state index contributed by atoms with van der Waals surface area (Å²) in [6.07, 6.45) is 0. The highest BCUT2D eigenvalue weighted by Crippen LogP contribution is 2.19. The maximum absolute atomic E-state index is 13.1. The van der Waals surface area contributed by atoms with Crippen LogP contribution in [-0.2, 0) is 21.3 Å². The lowest BCUT2D eigenvalue weighted by Crippen LogP contribution is -2.19. The highest BCUT2D eigenvalue weighted by Gasteiger charge is 2.15. The fraction of sp³-hybridized carbons (Fsp3) is 0.167. The van der Waals surface area contributed by atoms with Gasteiger partial charge in [0.15, 0.2) is 4.80 Å². The van der Waals surface area contributed by atoms with Gasteiger partial charge in [-0.3, -0.25) is 9.52 Å². The third-order valence-corrected chi connectivity index (χ3v) is 7.41. The molecule has 0 aliphatic heterocycles. The second-order valence-electron chi connectivity index (χ2n) is 7.25. The second kappa shape index (κ2) is 10.3. The van der Waals surface area contributed by atoms with Gasteiger partial charge in [-0.15, -0.1) is 0 Å². The molecular formula is C24H22FN3O4S2. The van der Waals surface area contributed by atoms with Crippen molar-refractivity contribution in [2.24, 2.45) is 4.99 Å². The SMILES string of the molecule is CCOCCn1c(=NC(=O)c2ccc(NS(=O)(=O)c3ccc(F)cc3)cc2)sc2ccccc21. The molecule has 7 nitrogen and oxygen atoms in total. The molecule has 0 unspecified atom stereocenters. The van der Waals surface area contributed by atoms with Crippen LogP contribution in [0.25, 0.3) is 10.2 Å². The van der Waals surface area contributed by atoms with Crippen LogP contribution in [0.2, 0.25) is 0 Å². The zero-order chi connectivity index (χ0) is 24.1. The van der Waals surface area contributed by atoms with E-state index in [0.717, 1.165) is 22.3 Å². The number of fused-ring (bicyclic) bond motifs is 1. The summed E-state index contributed by atoms with van der Waals surface area (Å²) in [5.74, 6) is -0.965.